The Hall–Kier alpha value is -3.27. The number of aliphatic carboxylic acids is 2. The van der Waals surface area contributed by atoms with Gasteiger partial charge in [0.2, 0.25) is 11.0 Å². The molecule has 1 aromatic heterocycles. The predicted molar refractivity (Wildman–Crippen MR) is 101 cm³/mol. The Morgan fingerprint density at radius 1 is 1.03 bits per heavy atom. The lowest BCUT2D eigenvalue weighted by atomic mass is 10.2. The van der Waals surface area contributed by atoms with Crippen molar-refractivity contribution in [2.24, 2.45) is 0 Å². The van der Waals surface area contributed by atoms with Gasteiger partial charge in [0.05, 0.1) is 6.61 Å². The van der Waals surface area contributed by atoms with Crippen LogP contribution in [0.4, 0.5) is 13.2 Å². The van der Waals surface area contributed by atoms with Crippen LogP contribution in [-0.2, 0) is 14.3 Å². The molecule has 1 atom stereocenters. The summed E-state index contributed by atoms with van der Waals surface area (Å²) in [5, 5.41) is 15.8. The Balaban J connectivity index is 0.000000396. The van der Waals surface area contributed by atoms with Crippen molar-refractivity contribution in [3.63, 3.8) is 0 Å². The van der Waals surface area contributed by atoms with Crippen LogP contribution in [0.25, 0.3) is 22.1 Å². The number of nitrogens with zero attached hydrogens (tertiary/aromatic N) is 2. The highest BCUT2D eigenvalue weighted by molar-refractivity contribution is 5.81. The molecule has 3 aromatic rings. The summed E-state index contributed by atoms with van der Waals surface area (Å²) in [6, 6.07) is 15.9. The van der Waals surface area contributed by atoms with Gasteiger partial charge in [-0.1, -0.05) is 24.3 Å². The molecule has 0 spiro atoms. The van der Waals surface area contributed by atoms with Crippen LogP contribution in [0.3, 0.4) is 0 Å². The number of rotatable bonds is 6. The number of alkyl halides is 3. The molecule has 0 saturated heterocycles. The number of carbonyl (C=O) groups is 2. The lowest BCUT2D eigenvalue weighted by Gasteiger charge is -2.12. The van der Waals surface area contributed by atoms with Gasteiger partial charge in [-0.25, -0.2) is 9.78 Å². The standard InChI is InChI=1S/C18H18N2O3.C2HF3O2/c1-13(23-12-6-11-18(21)22)20-16-9-4-2-7-14(16)19-15-8-3-5-10-17(15)20;3-2(4,5)1(6)7/h2-5,7-10,13H,6,11-12H2,1H3;(H,6,7)/p+1. The van der Waals surface area contributed by atoms with E-state index in [9.17, 15) is 18.0 Å². The number of para-hydroxylation sites is 4. The van der Waals surface area contributed by atoms with Crippen LogP contribution in [0, 0.1) is 0 Å². The first-order valence-corrected chi connectivity index (χ1v) is 8.94. The molecular formula is C20H20F3N2O5+. The first-order chi connectivity index (χ1) is 14.1. The van der Waals surface area contributed by atoms with Crippen molar-refractivity contribution in [3.8, 4) is 0 Å². The SMILES string of the molecule is CC(OCCCC(=O)O)[n+]1c2ccccc2nc2ccccc21.O=C(O)C(F)(F)F. The van der Waals surface area contributed by atoms with E-state index in [0.29, 0.717) is 13.0 Å². The topological polar surface area (TPSA) is 101 Å². The number of ether oxygens (including phenoxy) is 1. The van der Waals surface area contributed by atoms with Gasteiger partial charge in [-0.05, 0) is 18.6 Å². The highest BCUT2D eigenvalue weighted by atomic mass is 19.4. The van der Waals surface area contributed by atoms with E-state index in [4.69, 9.17) is 19.7 Å². The fraction of sp³-hybridized carbons (Fsp3) is 0.300. The molecule has 30 heavy (non-hydrogen) atoms. The molecule has 0 radical (unpaired) electrons. The lowest BCUT2D eigenvalue weighted by molar-refractivity contribution is -0.714. The first kappa shape index (κ1) is 23.0. The van der Waals surface area contributed by atoms with Gasteiger partial charge in [0.25, 0.3) is 6.23 Å². The molecular weight excluding hydrogens is 405 g/mol. The molecule has 0 fully saturated rings. The number of carboxylic acid groups (broad SMARTS) is 2. The highest BCUT2D eigenvalue weighted by Crippen LogP contribution is 2.17. The number of hydrogen-bond donors (Lipinski definition) is 2. The third-order valence-electron chi connectivity index (χ3n) is 4.02. The third kappa shape index (κ3) is 6.11. The molecule has 0 bridgehead atoms. The van der Waals surface area contributed by atoms with E-state index in [1.54, 1.807) is 0 Å². The predicted octanol–water partition coefficient (Wildman–Crippen LogP) is 3.71. The molecule has 0 saturated carbocycles. The molecule has 7 nitrogen and oxygen atoms in total. The molecule has 2 N–H and O–H groups in total. The van der Waals surface area contributed by atoms with Gasteiger partial charge in [0.1, 0.15) is 11.0 Å². The Bertz CT molecular complexity index is 986. The number of halogens is 3. The molecule has 0 aliphatic heterocycles. The zero-order valence-corrected chi connectivity index (χ0v) is 16.0. The molecule has 0 aliphatic rings. The van der Waals surface area contributed by atoms with E-state index in [0.717, 1.165) is 22.1 Å². The van der Waals surface area contributed by atoms with Gasteiger partial charge >= 0.3 is 18.1 Å². The Morgan fingerprint density at radius 2 is 1.50 bits per heavy atom. The quantitative estimate of drug-likeness (QED) is 0.355. The minimum atomic E-state index is -5.08. The van der Waals surface area contributed by atoms with Crippen LogP contribution in [0.15, 0.2) is 48.5 Å². The average Bonchev–Trinajstić information content (AvgIpc) is 2.68. The third-order valence-corrected chi connectivity index (χ3v) is 4.02. The summed E-state index contributed by atoms with van der Waals surface area (Å²) in [7, 11) is 0. The minimum absolute atomic E-state index is 0.120. The lowest BCUT2D eigenvalue weighted by Crippen LogP contribution is -2.41. The van der Waals surface area contributed by atoms with Crippen LogP contribution >= 0.6 is 0 Å². The second-order valence-electron chi connectivity index (χ2n) is 6.23. The summed E-state index contributed by atoms with van der Waals surface area (Å²) >= 11 is 0. The fourth-order valence-electron chi connectivity index (χ4n) is 2.73. The van der Waals surface area contributed by atoms with Crippen molar-refractivity contribution >= 4 is 34.0 Å². The van der Waals surface area contributed by atoms with Crippen LogP contribution in [0.1, 0.15) is 26.0 Å². The largest absolute Gasteiger partial charge is 0.490 e. The summed E-state index contributed by atoms with van der Waals surface area (Å²) < 4.78 is 39.7. The first-order valence-electron chi connectivity index (χ1n) is 8.94. The van der Waals surface area contributed by atoms with Gasteiger partial charge in [-0.2, -0.15) is 17.7 Å². The summed E-state index contributed by atoms with van der Waals surface area (Å²) in [6.45, 7) is 2.38. The van der Waals surface area contributed by atoms with Crippen molar-refractivity contribution in [3.05, 3.63) is 48.5 Å². The summed E-state index contributed by atoms with van der Waals surface area (Å²) in [5.74, 6) is -3.55. The van der Waals surface area contributed by atoms with Gasteiger partial charge in [0, 0.05) is 25.5 Å². The maximum atomic E-state index is 10.6. The zero-order chi connectivity index (χ0) is 22.3. The number of fused-ring (bicyclic) bond motifs is 2. The molecule has 0 aliphatic carbocycles. The van der Waals surface area contributed by atoms with Crippen LogP contribution in [-0.4, -0.2) is 39.9 Å². The monoisotopic (exact) mass is 425 g/mol. The van der Waals surface area contributed by atoms with Gasteiger partial charge < -0.3 is 14.9 Å². The molecule has 0 amide bonds. The Morgan fingerprint density at radius 3 is 1.93 bits per heavy atom. The second-order valence-corrected chi connectivity index (χ2v) is 6.23. The summed E-state index contributed by atoms with van der Waals surface area (Å²) in [6.07, 6.45) is -4.67. The van der Waals surface area contributed by atoms with Crippen molar-refractivity contribution in [1.82, 2.24) is 4.98 Å². The minimum Gasteiger partial charge on any atom is -0.481 e. The van der Waals surface area contributed by atoms with E-state index in [1.807, 2.05) is 55.5 Å². The zero-order valence-electron chi connectivity index (χ0n) is 16.0. The Labute approximate surface area is 169 Å². The number of aromatic nitrogens is 2. The fourth-order valence-corrected chi connectivity index (χ4v) is 2.73. The van der Waals surface area contributed by atoms with Crippen molar-refractivity contribution in [2.75, 3.05) is 6.61 Å². The average molecular weight is 425 g/mol. The Kier molecular flexibility index (Phi) is 7.65. The number of hydrogen-bond acceptors (Lipinski definition) is 4. The molecule has 3 rings (SSSR count). The van der Waals surface area contributed by atoms with Gasteiger partial charge in [0.15, 0.2) is 0 Å². The molecule has 2 aromatic carbocycles. The highest BCUT2D eigenvalue weighted by Gasteiger charge is 2.38. The number of benzene rings is 2. The maximum absolute atomic E-state index is 10.6. The van der Waals surface area contributed by atoms with Crippen molar-refractivity contribution < 1.29 is 42.3 Å². The van der Waals surface area contributed by atoms with E-state index in [1.165, 1.54) is 0 Å². The van der Waals surface area contributed by atoms with Crippen LogP contribution in [0.2, 0.25) is 0 Å². The molecule has 10 heteroatoms. The summed E-state index contributed by atoms with van der Waals surface area (Å²) in [5.41, 5.74) is 3.81. The summed E-state index contributed by atoms with van der Waals surface area (Å²) in [4.78, 5) is 24.2. The molecule has 1 unspecified atom stereocenters. The molecule has 160 valence electrons. The van der Waals surface area contributed by atoms with Crippen LogP contribution < -0.4 is 4.57 Å². The van der Waals surface area contributed by atoms with Gasteiger partial charge in [-0.15, -0.1) is 0 Å². The van der Waals surface area contributed by atoms with Crippen molar-refractivity contribution in [2.45, 2.75) is 32.2 Å². The van der Waals surface area contributed by atoms with E-state index < -0.39 is 18.1 Å². The van der Waals surface area contributed by atoms with Crippen molar-refractivity contribution in [1.29, 1.82) is 0 Å². The normalized spacial score (nSPS) is 12.3. The smallest absolute Gasteiger partial charge is 0.481 e. The maximum Gasteiger partial charge on any atom is 0.490 e. The second kappa shape index (κ2) is 9.97. The number of carboxylic acids is 2. The van der Waals surface area contributed by atoms with Gasteiger partial charge in [-0.3, -0.25) is 4.79 Å². The van der Waals surface area contributed by atoms with E-state index >= 15 is 0 Å². The molecule has 1 heterocycles. The van der Waals surface area contributed by atoms with E-state index in [-0.39, 0.29) is 12.6 Å². The van der Waals surface area contributed by atoms with Crippen LogP contribution in [0.5, 0.6) is 0 Å². The van der Waals surface area contributed by atoms with E-state index in [2.05, 4.69) is 9.55 Å².